The molecule has 1 aromatic carbocycles. The number of benzene rings is 1. The van der Waals surface area contributed by atoms with Crippen molar-refractivity contribution in [1.82, 2.24) is 15.5 Å². The molecule has 2 saturated carbocycles. The molecule has 4 rings (SSSR count). The Morgan fingerprint density at radius 2 is 1.66 bits per heavy atom. The van der Waals surface area contributed by atoms with Crippen LogP contribution in [0.4, 0.5) is 4.79 Å². The quantitative estimate of drug-likeness (QED) is 0.616. The third-order valence-corrected chi connectivity index (χ3v) is 7.20. The number of likely N-dealkylation sites (tertiary alicyclic amines) is 1. The van der Waals surface area contributed by atoms with Gasteiger partial charge in [0, 0.05) is 31.6 Å². The lowest BCUT2D eigenvalue weighted by Crippen LogP contribution is -2.50. The van der Waals surface area contributed by atoms with Gasteiger partial charge in [-0.3, -0.25) is 9.59 Å². The van der Waals surface area contributed by atoms with E-state index < -0.39 is 11.5 Å². The largest absolute Gasteiger partial charge is 0.445 e. The average molecular weight is 442 g/mol. The SMILES string of the molecule is C[C@H](NC(=O)C[C@]1(C(=O)N[C@H](C)C2CC2)CCN(C(=O)OCc2ccccc2)C1)C1CC1. The van der Waals surface area contributed by atoms with Crippen molar-refractivity contribution in [3.05, 3.63) is 35.9 Å². The molecule has 32 heavy (non-hydrogen) atoms. The maximum atomic E-state index is 13.4. The van der Waals surface area contributed by atoms with E-state index in [2.05, 4.69) is 10.6 Å². The third-order valence-electron chi connectivity index (χ3n) is 7.20. The second-order valence-electron chi connectivity index (χ2n) is 9.96. The Balaban J connectivity index is 1.39. The highest BCUT2D eigenvalue weighted by Gasteiger charge is 2.49. The predicted octanol–water partition coefficient (Wildman–Crippen LogP) is 3.23. The normalized spacial score (nSPS) is 24.5. The topological polar surface area (TPSA) is 87.7 Å². The first kappa shape index (κ1) is 22.6. The molecule has 1 heterocycles. The Kier molecular flexibility index (Phi) is 6.72. The Morgan fingerprint density at radius 1 is 1.03 bits per heavy atom. The molecule has 3 fully saturated rings. The highest BCUT2D eigenvalue weighted by atomic mass is 16.6. The van der Waals surface area contributed by atoms with Gasteiger partial charge in [-0.05, 0) is 63.4 Å². The molecule has 0 unspecified atom stereocenters. The Labute approximate surface area is 190 Å². The van der Waals surface area contributed by atoms with Crippen molar-refractivity contribution in [2.24, 2.45) is 17.3 Å². The van der Waals surface area contributed by atoms with Crippen molar-refractivity contribution in [2.75, 3.05) is 13.1 Å². The number of amides is 3. The van der Waals surface area contributed by atoms with Crippen LogP contribution < -0.4 is 10.6 Å². The summed E-state index contributed by atoms with van der Waals surface area (Å²) in [6.45, 7) is 4.85. The summed E-state index contributed by atoms with van der Waals surface area (Å²) in [6.07, 6.45) is 4.67. The van der Waals surface area contributed by atoms with Gasteiger partial charge < -0.3 is 20.3 Å². The monoisotopic (exact) mass is 441 g/mol. The first-order valence-corrected chi connectivity index (χ1v) is 11.9. The minimum atomic E-state index is -0.914. The molecule has 2 N–H and O–H groups in total. The molecular formula is C25H35N3O4. The number of carbonyl (C=O) groups is 3. The van der Waals surface area contributed by atoms with Crippen LogP contribution in [-0.2, 0) is 20.9 Å². The van der Waals surface area contributed by atoms with E-state index in [0.29, 0.717) is 24.8 Å². The Hall–Kier alpha value is -2.57. The minimum absolute atomic E-state index is 0.0897. The van der Waals surface area contributed by atoms with Crippen molar-refractivity contribution in [2.45, 2.75) is 71.1 Å². The average Bonchev–Trinajstić information content (AvgIpc) is 3.69. The molecule has 0 aromatic heterocycles. The zero-order valence-corrected chi connectivity index (χ0v) is 19.1. The molecule has 3 atom stereocenters. The molecule has 174 valence electrons. The van der Waals surface area contributed by atoms with Gasteiger partial charge >= 0.3 is 6.09 Å². The minimum Gasteiger partial charge on any atom is -0.445 e. The molecule has 2 aliphatic carbocycles. The fourth-order valence-corrected chi connectivity index (χ4v) is 4.65. The summed E-state index contributed by atoms with van der Waals surface area (Å²) in [4.78, 5) is 40.5. The van der Waals surface area contributed by atoms with E-state index in [0.717, 1.165) is 31.2 Å². The van der Waals surface area contributed by atoms with Crippen LogP contribution in [0.2, 0.25) is 0 Å². The fraction of sp³-hybridized carbons (Fsp3) is 0.640. The zero-order chi connectivity index (χ0) is 22.7. The zero-order valence-electron chi connectivity index (χ0n) is 19.1. The summed E-state index contributed by atoms with van der Waals surface area (Å²) >= 11 is 0. The Bertz CT molecular complexity index is 837. The van der Waals surface area contributed by atoms with Crippen LogP contribution in [-0.4, -0.2) is 48.0 Å². The fourth-order valence-electron chi connectivity index (χ4n) is 4.65. The molecule has 7 heteroatoms. The number of ether oxygens (including phenoxy) is 1. The highest BCUT2D eigenvalue weighted by Crippen LogP contribution is 2.38. The van der Waals surface area contributed by atoms with Gasteiger partial charge in [0.25, 0.3) is 0 Å². The number of carbonyl (C=O) groups excluding carboxylic acids is 3. The van der Waals surface area contributed by atoms with Gasteiger partial charge in [0.1, 0.15) is 6.61 Å². The summed E-state index contributed by atoms with van der Waals surface area (Å²) in [5.74, 6) is 0.835. The van der Waals surface area contributed by atoms with Crippen molar-refractivity contribution >= 4 is 17.9 Å². The third kappa shape index (κ3) is 5.61. The van der Waals surface area contributed by atoms with E-state index >= 15 is 0 Å². The van der Waals surface area contributed by atoms with Gasteiger partial charge in [-0.2, -0.15) is 0 Å². The molecular weight excluding hydrogens is 406 g/mol. The molecule has 1 aromatic rings. The smallest absolute Gasteiger partial charge is 0.410 e. The summed E-state index contributed by atoms with van der Waals surface area (Å²) in [6, 6.07) is 9.73. The summed E-state index contributed by atoms with van der Waals surface area (Å²) in [5, 5.41) is 6.21. The van der Waals surface area contributed by atoms with Crippen molar-refractivity contribution in [3.8, 4) is 0 Å². The van der Waals surface area contributed by atoms with E-state index in [4.69, 9.17) is 4.74 Å². The number of hydrogen-bond acceptors (Lipinski definition) is 4. The number of nitrogens with zero attached hydrogens (tertiary/aromatic N) is 1. The molecule has 7 nitrogen and oxygen atoms in total. The predicted molar refractivity (Wildman–Crippen MR) is 121 cm³/mol. The van der Waals surface area contributed by atoms with Gasteiger partial charge in [0.05, 0.1) is 5.41 Å². The second-order valence-corrected chi connectivity index (χ2v) is 9.96. The van der Waals surface area contributed by atoms with Crippen molar-refractivity contribution < 1.29 is 19.1 Å². The first-order chi connectivity index (χ1) is 15.4. The van der Waals surface area contributed by atoms with E-state index in [1.54, 1.807) is 4.90 Å². The summed E-state index contributed by atoms with van der Waals surface area (Å²) in [5.41, 5.74) is -0.00168. The maximum absolute atomic E-state index is 13.4. The number of rotatable bonds is 9. The number of hydrogen-bond donors (Lipinski definition) is 2. The van der Waals surface area contributed by atoms with Crippen LogP contribution in [0, 0.1) is 17.3 Å². The molecule has 1 aliphatic heterocycles. The van der Waals surface area contributed by atoms with Gasteiger partial charge in [-0.25, -0.2) is 4.79 Å². The van der Waals surface area contributed by atoms with Gasteiger partial charge in [-0.15, -0.1) is 0 Å². The number of nitrogens with one attached hydrogen (secondary N) is 2. The lowest BCUT2D eigenvalue weighted by Gasteiger charge is -2.30. The summed E-state index contributed by atoms with van der Waals surface area (Å²) < 4.78 is 5.48. The molecule has 3 amide bonds. The van der Waals surface area contributed by atoms with E-state index in [1.807, 2.05) is 44.2 Å². The second kappa shape index (κ2) is 9.51. The molecule has 1 saturated heterocycles. The summed E-state index contributed by atoms with van der Waals surface area (Å²) in [7, 11) is 0. The standard InChI is InChI=1S/C25H35N3O4/c1-17(20-8-9-20)26-22(29)14-25(23(30)27-18(2)21-10-11-21)12-13-28(16-25)24(31)32-15-19-6-4-3-5-7-19/h3-7,17-18,20-21H,8-16H2,1-2H3,(H,26,29)(H,27,30)/t17-,18+,25+/m0/s1. The molecule has 3 aliphatic rings. The van der Waals surface area contributed by atoms with Gasteiger partial charge in [0.15, 0.2) is 0 Å². The van der Waals surface area contributed by atoms with Crippen LogP contribution in [0.5, 0.6) is 0 Å². The van der Waals surface area contributed by atoms with E-state index in [1.165, 1.54) is 0 Å². The van der Waals surface area contributed by atoms with Gasteiger partial charge in [0.2, 0.25) is 11.8 Å². The van der Waals surface area contributed by atoms with Crippen LogP contribution >= 0.6 is 0 Å². The van der Waals surface area contributed by atoms with E-state index in [9.17, 15) is 14.4 Å². The van der Waals surface area contributed by atoms with E-state index in [-0.39, 0.29) is 43.5 Å². The van der Waals surface area contributed by atoms with Crippen molar-refractivity contribution in [3.63, 3.8) is 0 Å². The lowest BCUT2D eigenvalue weighted by molar-refractivity contribution is -0.136. The van der Waals surface area contributed by atoms with Crippen LogP contribution in [0.3, 0.4) is 0 Å². The first-order valence-electron chi connectivity index (χ1n) is 11.9. The molecule has 0 spiro atoms. The van der Waals surface area contributed by atoms with Gasteiger partial charge in [-0.1, -0.05) is 30.3 Å². The van der Waals surface area contributed by atoms with Crippen LogP contribution in [0.25, 0.3) is 0 Å². The molecule has 0 bridgehead atoms. The lowest BCUT2D eigenvalue weighted by atomic mass is 9.81. The van der Waals surface area contributed by atoms with Crippen molar-refractivity contribution in [1.29, 1.82) is 0 Å². The molecule has 0 radical (unpaired) electrons. The Morgan fingerprint density at radius 3 is 2.28 bits per heavy atom. The van der Waals surface area contributed by atoms with Crippen LogP contribution in [0.1, 0.15) is 57.9 Å². The highest BCUT2D eigenvalue weighted by molar-refractivity contribution is 5.90. The van der Waals surface area contributed by atoms with Crippen LogP contribution in [0.15, 0.2) is 30.3 Å². The maximum Gasteiger partial charge on any atom is 0.410 e.